The summed E-state index contributed by atoms with van der Waals surface area (Å²) in [5.74, 6) is -0.00114. The molecule has 1 heterocycles. The van der Waals surface area contributed by atoms with Gasteiger partial charge in [-0.1, -0.05) is 23.8 Å². The molecule has 2 nitrogen and oxygen atoms in total. The molecule has 2 aromatic carbocycles. The Morgan fingerprint density at radius 3 is 2.80 bits per heavy atom. The molecular formula is C17H16FNO. The van der Waals surface area contributed by atoms with Crippen LogP contribution in [-0.2, 0) is 6.54 Å². The monoisotopic (exact) mass is 269 g/mol. The fraction of sp³-hybridized carbons (Fsp3) is 0.176. The van der Waals surface area contributed by atoms with E-state index in [2.05, 4.69) is 31.2 Å². The Morgan fingerprint density at radius 2 is 2.00 bits per heavy atom. The standard InChI is InChI=1S/C17H16FNO/c1-12-6-7-15-13(10-12)8-9-19(15)11-14-4-3-5-16(20-2)17(14)18/h3-10H,11H2,1-2H3. The van der Waals surface area contributed by atoms with Gasteiger partial charge in [-0.05, 0) is 36.6 Å². The Kier molecular flexibility index (Phi) is 3.18. The summed E-state index contributed by atoms with van der Waals surface area (Å²) in [6.07, 6.45) is 1.99. The molecule has 1 aromatic heterocycles. The number of hydrogen-bond acceptors (Lipinski definition) is 1. The van der Waals surface area contributed by atoms with Crippen molar-refractivity contribution in [3.05, 3.63) is 65.6 Å². The van der Waals surface area contributed by atoms with Crippen molar-refractivity contribution < 1.29 is 9.13 Å². The Hall–Kier alpha value is -2.29. The highest BCUT2D eigenvalue weighted by atomic mass is 19.1. The topological polar surface area (TPSA) is 14.2 Å². The maximum absolute atomic E-state index is 14.2. The summed E-state index contributed by atoms with van der Waals surface area (Å²) in [5, 5.41) is 1.17. The van der Waals surface area contributed by atoms with E-state index in [9.17, 15) is 4.39 Å². The summed E-state index contributed by atoms with van der Waals surface area (Å²) in [7, 11) is 1.48. The van der Waals surface area contributed by atoms with E-state index in [1.807, 2.05) is 16.8 Å². The van der Waals surface area contributed by atoms with Crippen LogP contribution in [0.1, 0.15) is 11.1 Å². The van der Waals surface area contributed by atoms with E-state index in [1.165, 1.54) is 18.1 Å². The van der Waals surface area contributed by atoms with Gasteiger partial charge in [0.05, 0.1) is 13.7 Å². The highest BCUT2D eigenvalue weighted by Gasteiger charge is 2.10. The molecule has 0 fully saturated rings. The maximum atomic E-state index is 14.2. The number of aromatic nitrogens is 1. The molecule has 3 heteroatoms. The Labute approximate surface area is 117 Å². The molecule has 0 aliphatic heterocycles. The lowest BCUT2D eigenvalue weighted by Crippen LogP contribution is -2.02. The minimum Gasteiger partial charge on any atom is -0.494 e. The zero-order valence-corrected chi connectivity index (χ0v) is 11.6. The summed E-state index contributed by atoms with van der Waals surface area (Å²) in [5.41, 5.74) is 2.96. The van der Waals surface area contributed by atoms with E-state index in [4.69, 9.17) is 4.74 Å². The second kappa shape index (κ2) is 5.00. The van der Waals surface area contributed by atoms with E-state index in [0.29, 0.717) is 12.1 Å². The molecule has 0 unspecified atom stereocenters. The molecule has 102 valence electrons. The molecule has 0 amide bonds. The van der Waals surface area contributed by atoms with Crippen LogP contribution in [0.15, 0.2) is 48.7 Å². The first-order chi connectivity index (χ1) is 9.69. The lowest BCUT2D eigenvalue weighted by molar-refractivity contribution is 0.383. The third-order valence-corrected chi connectivity index (χ3v) is 3.53. The van der Waals surface area contributed by atoms with Crippen LogP contribution in [0.5, 0.6) is 5.75 Å². The van der Waals surface area contributed by atoms with E-state index < -0.39 is 0 Å². The first-order valence-electron chi connectivity index (χ1n) is 6.56. The molecule has 0 aliphatic carbocycles. The number of benzene rings is 2. The lowest BCUT2D eigenvalue weighted by Gasteiger charge is -2.09. The zero-order chi connectivity index (χ0) is 14.1. The van der Waals surface area contributed by atoms with Crippen LogP contribution < -0.4 is 4.74 Å². The Morgan fingerprint density at radius 1 is 1.15 bits per heavy atom. The number of hydrogen-bond donors (Lipinski definition) is 0. The molecule has 3 aromatic rings. The minimum absolute atomic E-state index is 0.287. The van der Waals surface area contributed by atoms with Crippen LogP contribution in [0.25, 0.3) is 10.9 Å². The molecule has 20 heavy (non-hydrogen) atoms. The van der Waals surface area contributed by atoms with Crippen LogP contribution in [-0.4, -0.2) is 11.7 Å². The highest BCUT2D eigenvalue weighted by molar-refractivity contribution is 5.80. The summed E-state index contributed by atoms with van der Waals surface area (Å²) < 4.78 is 21.3. The van der Waals surface area contributed by atoms with Crippen molar-refractivity contribution in [2.75, 3.05) is 7.11 Å². The van der Waals surface area contributed by atoms with Gasteiger partial charge in [-0.15, -0.1) is 0 Å². The molecule has 0 saturated carbocycles. The van der Waals surface area contributed by atoms with Gasteiger partial charge in [-0.2, -0.15) is 0 Å². The molecule has 0 radical (unpaired) electrons. The average Bonchev–Trinajstić information content (AvgIpc) is 2.83. The van der Waals surface area contributed by atoms with E-state index in [1.54, 1.807) is 12.1 Å². The van der Waals surface area contributed by atoms with Crippen molar-refractivity contribution in [3.8, 4) is 5.75 Å². The second-order valence-electron chi connectivity index (χ2n) is 4.94. The van der Waals surface area contributed by atoms with E-state index in [-0.39, 0.29) is 11.6 Å². The van der Waals surface area contributed by atoms with Gasteiger partial charge in [-0.25, -0.2) is 4.39 Å². The molecule has 3 rings (SSSR count). The fourth-order valence-electron chi connectivity index (χ4n) is 2.48. The number of fused-ring (bicyclic) bond motifs is 1. The highest BCUT2D eigenvalue weighted by Crippen LogP contribution is 2.23. The zero-order valence-electron chi connectivity index (χ0n) is 11.6. The van der Waals surface area contributed by atoms with E-state index >= 15 is 0 Å². The molecule has 0 bridgehead atoms. The maximum Gasteiger partial charge on any atom is 0.170 e. The van der Waals surface area contributed by atoms with Gasteiger partial charge in [0, 0.05) is 17.3 Å². The summed E-state index contributed by atoms with van der Waals surface area (Å²) >= 11 is 0. The normalized spacial score (nSPS) is 10.9. The molecular weight excluding hydrogens is 253 g/mol. The summed E-state index contributed by atoms with van der Waals surface area (Å²) in [6, 6.07) is 13.6. The van der Waals surface area contributed by atoms with Gasteiger partial charge in [0.2, 0.25) is 0 Å². The van der Waals surface area contributed by atoms with Crippen molar-refractivity contribution >= 4 is 10.9 Å². The Balaban J connectivity index is 2.01. The van der Waals surface area contributed by atoms with Crippen molar-refractivity contribution in [2.45, 2.75) is 13.5 Å². The molecule has 0 spiro atoms. The van der Waals surface area contributed by atoms with Gasteiger partial charge in [-0.3, -0.25) is 0 Å². The van der Waals surface area contributed by atoms with Crippen molar-refractivity contribution in [1.82, 2.24) is 4.57 Å². The van der Waals surface area contributed by atoms with Crippen LogP contribution in [0.4, 0.5) is 4.39 Å². The van der Waals surface area contributed by atoms with Gasteiger partial charge < -0.3 is 9.30 Å². The minimum atomic E-state index is -0.288. The number of rotatable bonds is 3. The van der Waals surface area contributed by atoms with E-state index in [0.717, 1.165) is 5.52 Å². The first-order valence-corrected chi connectivity index (χ1v) is 6.56. The van der Waals surface area contributed by atoms with Gasteiger partial charge >= 0.3 is 0 Å². The fourth-order valence-corrected chi connectivity index (χ4v) is 2.48. The van der Waals surface area contributed by atoms with Crippen molar-refractivity contribution in [1.29, 1.82) is 0 Å². The summed E-state index contributed by atoms with van der Waals surface area (Å²) in [6.45, 7) is 2.56. The quantitative estimate of drug-likeness (QED) is 0.697. The van der Waals surface area contributed by atoms with Crippen LogP contribution >= 0.6 is 0 Å². The number of nitrogens with zero attached hydrogens (tertiary/aromatic N) is 1. The third kappa shape index (κ3) is 2.16. The Bertz CT molecular complexity index is 761. The smallest absolute Gasteiger partial charge is 0.170 e. The number of methoxy groups -OCH3 is 1. The molecule has 0 aliphatic rings. The average molecular weight is 269 g/mol. The first kappa shape index (κ1) is 12.7. The third-order valence-electron chi connectivity index (χ3n) is 3.53. The van der Waals surface area contributed by atoms with Crippen LogP contribution in [0, 0.1) is 12.7 Å². The van der Waals surface area contributed by atoms with Gasteiger partial charge in [0.25, 0.3) is 0 Å². The SMILES string of the molecule is COc1cccc(Cn2ccc3cc(C)ccc32)c1F. The molecule has 0 saturated heterocycles. The lowest BCUT2D eigenvalue weighted by atomic mass is 10.1. The van der Waals surface area contributed by atoms with Gasteiger partial charge in [0.15, 0.2) is 11.6 Å². The van der Waals surface area contributed by atoms with Gasteiger partial charge in [0.1, 0.15) is 0 Å². The number of ether oxygens (including phenoxy) is 1. The second-order valence-corrected chi connectivity index (χ2v) is 4.94. The predicted octanol–water partition coefficient (Wildman–Crippen LogP) is 4.15. The number of halogens is 1. The molecule has 0 atom stereocenters. The van der Waals surface area contributed by atoms with Crippen LogP contribution in [0.2, 0.25) is 0 Å². The van der Waals surface area contributed by atoms with Crippen molar-refractivity contribution in [3.63, 3.8) is 0 Å². The number of aryl methyl sites for hydroxylation is 1. The molecule has 0 N–H and O–H groups in total. The van der Waals surface area contributed by atoms with Crippen LogP contribution in [0.3, 0.4) is 0 Å². The van der Waals surface area contributed by atoms with Crippen molar-refractivity contribution in [2.24, 2.45) is 0 Å². The largest absolute Gasteiger partial charge is 0.494 e. The summed E-state index contributed by atoms with van der Waals surface area (Å²) in [4.78, 5) is 0. The predicted molar refractivity (Wildman–Crippen MR) is 78.7 cm³/mol.